The average molecular weight is 269 g/mol. The zero-order chi connectivity index (χ0) is 14.4. The van der Waals surface area contributed by atoms with Gasteiger partial charge in [-0.3, -0.25) is 14.5 Å². The standard InChI is InChI=1S/C15H15N3O2/c1-9-6-10(2)13-11(7-9)18(15(20)14(13)19)8-12-16-4-5-17(12)3/h4-7H,8H2,1-3H3. The normalized spacial score (nSPS) is 14.1. The number of carbonyl (C=O) groups excluding carboxylic acids is 2. The van der Waals surface area contributed by atoms with E-state index in [4.69, 9.17) is 0 Å². The molecule has 102 valence electrons. The number of ketones is 1. The highest BCUT2D eigenvalue weighted by Crippen LogP contribution is 2.33. The van der Waals surface area contributed by atoms with Gasteiger partial charge in [0.2, 0.25) is 0 Å². The molecule has 0 N–H and O–H groups in total. The number of Topliss-reactive ketones (excluding diaryl/α,β-unsaturated/α-hetero) is 1. The van der Waals surface area contributed by atoms with E-state index in [0.717, 1.165) is 17.0 Å². The lowest BCUT2D eigenvalue weighted by atomic mass is 10.0. The van der Waals surface area contributed by atoms with E-state index >= 15 is 0 Å². The first kappa shape index (κ1) is 12.6. The summed E-state index contributed by atoms with van der Waals surface area (Å²) in [5.74, 6) is -0.151. The number of benzene rings is 1. The molecule has 5 nitrogen and oxygen atoms in total. The lowest BCUT2D eigenvalue weighted by Gasteiger charge is -2.17. The molecule has 1 aliphatic rings. The minimum absolute atomic E-state index is 0.309. The predicted octanol–water partition coefficient (Wildman–Crippen LogP) is 1.77. The number of anilines is 1. The Morgan fingerprint density at radius 1 is 1.20 bits per heavy atom. The monoisotopic (exact) mass is 269 g/mol. The van der Waals surface area contributed by atoms with Crippen molar-refractivity contribution in [3.05, 3.63) is 47.0 Å². The van der Waals surface area contributed by atoms with Crippen molar-refractivity contribution in [2.45, 2.75) is 20.4 Å². The molecule has 0 saturated carbocycles. The first-order valence-electron chi connectivity index (χ1n) is 6.42. The highest BCUT2D eigenvalue weighted by atomic mass is 16.2. The Kier molecular flexibility index (Phi) is 2.71. The maximum absolute atomic E-state index is 12.2. The molecule has 2 heterocycles. The van der Waals surface area contributed by atoms with Crippen LogP contribution in [0, 0.1) is 13.8 Å². The van der Waals surface area contributed by atoms with Gasteiger partial charge in [0.1, 0.15) is 5.82 Å². The number of amides is 1. The molecule has 0 bridgehead atoms. The molecule has 3 rings (SSSR count). The maximum Gasteiger partial charge on any atom is 0.299 e. The fourth-order valence-corrected chi connectivity index (χ4v) is 2.64. The van der Waals surface area contributed by atoms with Gasteiger partial charge in [0.25, 0.3) is 11.7 Å². The molecule has 1 amide bonds. The number of aryl methyl sites for hydroxylation is 3. The van der Waals surface area contributed by atoms with Crippen molar-refractivity contribution in [1.29, 1.82) is 0 Å². The van der Waals surface area contributed by atoms with E-state index in [-0.39, 0.29) is 0 Å². The second kappa shape index (κ2) is 4.30. The van der Waals surface area contributed by atoms with Crippen LogP contribution in [0.3, 0.4) is 0 Å². The van der Waals surface area contributed by atoms with Crippen LogP contribution in [0.5, 0.6) is 0 Å². The van der Waals surface area contributed by atoms with Gasteiger partial charge in [-0.2, -0.15) is 0 Å². The summed E-state index contributed by atoms with van der Waals surface area (Å²) >= 11 is 0. The van der Waals surface area contributed by atoms with Gasteiger partial charge < -0.3 is 4.57 Å². The molecule has 0 saturated heterocycles. The summed E-state index contributed by atoms with van der Waals surface area (Å²) in [4.78, 5) is 30.1. The Morgan fingerprint density at radius 2 is 1.95 bits per heavy atom. The van der Waals surface area contributed by atoms with Crippen LogP contribution < -0.4 is 4.90 Å². The molecule has 0 fully saturated rings. The van der Waals surface area contributed by atoms with Crippen molar-refractivity contribution in [2.75, 3.05) is 4.90 Å². The van der Waals surface area contributed by atoms with E-state index in [1.807, 2.05) is 43.8 Å². The van der Waals surface area contributed by atoms with Crippen LogP contribution in [0.1, 0.15) is 27.3 Å². The molecular weight excluding hydrogens is 254 g/mol. The van der Waals surface area contributed by atoms with E-state index in [1.54, 1.807) is 6.20 Å². The highest BCUT2D eigenvalue weighted by molar-refractivity contribution is 6.52. The topological polar surface area (TPSA) is 55.2 Å². The van der Waals surface area contributed by atoms with Crippen LogP contribution >= 0.6 is 0 Å². The minimum atomic E-state index is -0.475. The van der Waals surface area contributed by atoms with E-state index in [0.29, 0.717) is 17.8 Å². The predicted molar refractivity (Wildman–Crippen MR) is 74.6 cm³/mol. The number of imidazole rings is 1. The second-order valence-electron chi connectivity index (χ2n) is 5.15. The van der Waals surface area contributed by atoms with Gasteiger partial charge >= 0.3 is 0 Å². The van der Waals surface area contributed by atoms with E-state index in [9.17, 15) is 9.59 Å². The Hall–Kier alpha value is -2.43. The van der Waals surface area contributed by atoms with Crippen molar-refractivity contribution < 1.29 is 9.59 Å². The molecule has 1 aliphatic heterocycles. The fourth-order valence-electron chi connectivity index (χ4n) is 2.64. The van der Waals surface area contributed by atoms with Crippen molar-refractivity contribution in [3.63, 3.8) is 0 Å². The van der Waals surface area contributed by atoms with Crippen LogP contribution in [0.4, 0.5) is 5.69 Å². The Balaban J connectivity index is 2.09. The number of nitrogens with zero attached hydrogens (tertiary/aromatic N) is 3. The molecule has 20 heavy (non-hydrogen) atoms. The molecule has 5 heteroatoms. The molecular formula is C15H15N3O2. The van der Waals surface area contributed by atoms with E-state index in [2.05, 4.69) is 4.98 Å². The van der Waals surface area contributed by atoms with Gasteiger partial charge in [0.05, 0.1) is 17.8 Å². The Bertz CT molecular complexity index is 731. The third kappa shape index (κ3) is 1.74. The van der Waals surface area contributed by atoms with Crippen molar-refractivity contribution in [1.82, 2.24) is 9.55 Å². The third-order valence-corrected chi connectivity index (χ3v) is 3.64. The van der Waals surface area contributed by atoms with Gasteiger partial charge in [0, 0.05) is 19.4 Å². The van der Waals surface area contributed by atoms with Gasteiger partial charge in [-0.15, -0.1) is 0 Å². The summed E-state index contributed by atoms with van der Waals surface area (Å²) in [6.45, 7) is 4.13. The zero-order valence-electron chi connectivity index (χ0n) is 11.7. The van der Waals surface area contributed by atoms with Crippen LogP contribution in [0.2, 0.25) is 0 Å². The number of rotatable bonds is 2. The Morgan fingerprint density at radius 3 is 2.60 bits per heavy atom. The number of hydrogen-bond acceptors (Lipinski definition) is 3. The summed E-state index contributed by atoms with van der Waals surface area (Å²) in [6, 6.07) is 3.81. The number of fused-ring (bicyclic) bond motifs is 1. The number of hydrogen-bond donors (Lipinski definition) is 0. The van der Waals surface area contributed by atoms with E-state index in [1.165, 1.54) is 4.90 Å². The SMILES string of the molecule is Cc1cc(C)c2c(c1)N(Cc1nccn1C)C(=O)C2=O. The molecule has 2 aromatic rings. The number of aromatic nitrogens is 2. The van der Waals surface area contributed by atoms with Crippen LogP contribution in [-0.2, 0) is 18.4 Å². The van der Waals surface area contributed by atoms with Crippen molar-refractivity contribution in [3.8, 4) is 0 Å². The zero-order valence-corrected chi connectivity index (χ0v) is 11.7. The lowest BCUT2D eigenvalue weighted by molar-refractivity contribution is -0.114. The molecule has 0 aliphatic carbocycles. The summed E-state index contributed by atoms with van der Waals surface area (Å²) in [6.07, 6.45) is 3.50. The maximum atomic E-state index is 12.2. The lowest BCUT2D eigenvalue weighted by Crippen LogP contribution is -2.30. The number of carbonyl (C=O) groups is 2. The summed E-state index contributed by atoms with van der Waals surface area (Å²) in [7, 11) is 1.87. The summed E-state index contributed by atoms with van der Waals surface area (Å²) in [5.41, 5.74) is 3.10. The molecule has 1 aromatic carbocycles. The summed E-state index contributed by atoms with van der Waals surface area (Å²) in [5, 5.41) is 0. The minimum Gasteiger partial charge on any atom is -0.337 e. The first-order chi connectivity index (χ1) is 9.49. The van der Waals surface area contributed by atoms with Crippen LogP contribution in [0.25, 0.3) is 0 Å². The van der Waals surface area contributed by atoms with Gasteiger partial charge in [-0.1, -0.05) is 6.07 Å². The van der Waals surface area contributed by atoms with Gasteiger partial charge in [-0.25, -0.2) is 4.98 Å². The smallest absolute Gasteiger partial charge is 0.299 e. The van der Waals surface area contributed by atoms with E-state index < -0.39 is 11.7 Å². The van der Waals surface area contributed by atoms with Crippen molar-refractivity contribution in [2.24, 2.45) is 7.05 Å². The second-order valence-corrected chi connectivity index (χ2v) is 5.15. The van der Waals surface area contributed by atoms with Gasteiger partial charge in [-0.05, 0) is 31.0 Å². The summed E-state index contributed by atoms with van der Waals surface area (Å²) < 4.78 is 1.85. The average Bonchev–Trinajstić information content (AvgIpc) is 2.87. The molecule has 0 atom stereocenters. The van der Waals surface area contributed by atoms with Crippen LogP contribution in [-0.4, -0.2) is 21.2 Å². The van der Waals surface area contributed by atoms with Crippen LogP contribution in [0.15, 0.2) is 24.5 Å². The van der Waals surface area contributed by atoms with Gasteiger partial charge in [0.15, 0.2) is 0 Å². The highest BCUT2D eigenvalue weighted by Gasteiger charge is 2.37. The largest absolute Gasteiger partial charge is 0.337 e. The first-order valence-corrected chi connectivity index (χ1v) is 6.42. The third-order valence-electron chi connectivity index (χ3n) is 3.64. The fraction of sp³-hybridized carbons (Fsp3) is 0.267. The molecule has 0 radical (unpaired) electrons. The molecule has 1 aromatic heterocycles. The quantitative estimate of drug-likeness (QED) is 0.781. The molecule has 0 spiro atoms. The van der Waals surface area contributed by atoms with Crippen molar-refractivity contribution >= 4 is 17.4 Å². The molecule has 0 unspecified atom stereocenters. The Labute approximate surface area is 116 Å².